The smallest absolute Gasteiger partial charge is 0.204 e. The standard InChI is InChI=1S/C10H17N3S2/c1-3-7-4-5-8(6(7)2)11-9-12-13-10(14)15-9/h6-8H,3-5H2,1-2H3,(H,11,12)(H,13,14). The molecule has 0 bridgehead atoms. The zero-order chi connectivity index (χ0) is 10.8. The molecule has 2 rings (SSSR count). The molecule has 3 atom stereocenters. The van der Waals surface area contributed by atoms with Crippen LogP contribution in [0, 0.1) is 15.8 Å². The Bertz CT molecular complexity index is 371. The normalized spacial score (nSPS) is 30.7. The lowest BCUT2D eigenvalue weighted by molar-refractivity contribution is 0.392. The number of anilines is 1. The maximum absolute atomic E-state index is 5.01. The Morgan fingerprint density at radius 1 is 1.60 bits per heavy atom. The number of nitrogens with zero attached hydrogens (tertiary/aromatic N) is 1. The summed E-state index contributed by atoms with van der Waals surface area (Å²) in [4.78, 5) is 0. The van der Waals surface area contributed by atoms with Gasteiger partial charge in [-0.05, 0) is 36.9 Å². The van der Waals surface area contributed by atoms with Crippen LogP contribution >= 0.6 is 23.6 Å². The lowest BCUT2D eigenvalue weighted by Crippen LogP contribution is -2.24. The van der Waals surface area contributed by atoms with Crippen LogP contribution in [-0.4, -0.2) is 16.2 Å². The molecule has 0 spiro atoms. The van der Waals surface area contributed by atoms with Gasteiger partial charge in [-0.3, -0.25) is 5.10 Å². The largest absolute Gasteiger partial charge is 0.357 e. The average molecular weight is 243 g/mol. The van der Waals surface area contributed by atoms with Crippen molar-refractivity contribution in [3.05, 3.63) is 3.95 Å². The topological polar surface area (TPSA) is 40.7 Å². The van der Waals surface area contributed by atoms with Crippen LogP contribution in [0.15, 0.2) is 0 Å². The highest BCUT2D eigenvalue weighted by molar-refractivity contribution is 7.73. The first kappa shape index (κ1) is 11.1. The molecule has 3 unspecified atom stereocenters. The van der Waals surface area contributed by atoms with Crippen LogP contribution in [0.25, 0.3) is 0 Å². The van der Waals surface area contributed by atoms with E-state index in [0.717, 1.165) is 20.9 Å². The van der Waals surface area contributed by atoms with Crippen molar-refractivity contribution in [1.29, 1.82) is 0 Å². The molecule has 1 aliphatic rings. The van der Waals surface area contributed by atoms with E-state index in [4.69, 9.17) is 12.2 Å². The second-order valence-corrected chi connectivity index (χ2v) is 5.94. The fourth-order valence-corrected chi connectivity index (χ4v) is 3.33. The first-order valence-electron chi connectivity index (χ1n) is 5.52. The van der Waals surface area contributed by atoms with Gasteiger partial charge >= 0.3 is 0 Å². The molecular formula is C10H17N3S2. The van der Waals surface area contributed by atoms with E-state index in [-0.39, 0.29) is 0 Å². The van der Waals surface area contributed by atoms with Gasteiger partial charge in [-0.1, -0.05) is 31.6 Å². The SMILES string of the molecule is CCC1CCC(Nc2n[nH]c(=S)s2)C1C. The third-order valence-electron chi connectivity index (χ3n) is 3.50. The summed E-state index contributed by atoms with van der Waals surface area (Å²) in [6.07, 6.45) is 3.88. The molecule has 84 valence electrons. The fraction of sp³-hybridized carbons (Fsp3) is 0.800. The summed E-state index contributed by atoms with van der Waals surface area (Å²) in [7, 11) is 0. The maximum atomic E-state index is 5.01. The predicted octanol–water partition coefficient (Wildman–Crippen LogP) is 3.44. The van der Waals surface area contributed by atoms with Crippen molar-refractivity contribution in [1.82, 2.24) is 10.2 Å². The van der Waals surface area contributed by atoms with E-state index < -0.39 is 0 Å². The van der Waals surface area contributed by atoms with E-state index in [1.807, 2.05) is 0 Å². The number of nitrogens with one attached hydrogen (secondary N) is 2. The Morgan fingerprint density at radius 2 is 2.40 bits per heavy atom. The Hall–Kier alpha value is -0.420. The minimum atomic E-state index is 0.573. The molecule has 0 aliphatic heterocycles. The third kappa shape index (κ3) is 2.39. The van der Waals surface area contributed by atoms with Crippen molar-refractivity contribution < 1.29 is 0 Å². The van der Waals surface area contributed by atoms with Gasteiger partial charge < -0.3 is 5.32 Å². The Kier molecular flexibility index (Phi) is 3.41. The van der Waals surface area contributed by atoms with Gasteiger partial charge in [0.05, 0.1) is 0 Å². The predicted molar refractivity (Wildman–Crippen MR) is 66.9 cm³/mol. The van der Waals surface area contributed by atoms with Gasteiger partial charge in [0.15, 0.2) is 3.95 Å². The zero-order valence-corrected chi connectivity index (χ0v) is 10.8. The van der Waals surface area contributed by atoms with Crippen LogP contribution in [-0.2, 0) is 0 Å². The van der Waals surface area contributed by atoms with Crippen molar-refractivity contribution in [2.24, 2.45) is 11.8 Å². The average Bonchev–Trinajstić information content (AvgIpc) is 2.76. The molecule has 0 aromatic carbocycles. The molecule has 1 saturated carbocycles. The van der Waals surface area contributed by atoms with Crippen LogP contribution in [0.4, 0.5) is 5.13 Å². The molecule has 1 aromatic heterocycles. The molecule has 1 heterocycles. The highest BCUT2D eigenvalue weighted by Crippen LogP contribution is 2.35. The quantitative estimate of drug-likeness (QED) is 0.799. The van der Waals surface area contributed by atoms with E-state index in [1.165, 1.54) is 30.6 Å². The summed E-state index contributed by atoms with van der Waals surface area (Å²) in [6, 6.07) is 0.573. The van der Waals surface area contributed by atoms with Crippen molar-refractivity contribution in [2.75, 3.05) is 5.32 Å². The van der Waals surface area contributed by atoms with Gasteiger partial charge in [-0.15, -0.1) is 5.10 Å². The highest BCUT2D eigenvalue weighted by atomic mass is 32.1. The van der Waals surface area contributed by atoms with E-state index >= 15 is 0 Å². The van der Waals surface area contributed by atoms with E-state index in [0.29, 0.717) is 6.04 Å². The highest BCUT2D eigenvalue weighted by Gasteiger charge is 2.31. The molecule has 1 aliphatic carbocycles. The summed E-state index contributed by atoms with van der Waals surface area (Å²) >= 11 is 6.53. The molecular weight excluding hydrogens is 226 g/mol. The second-order valence-electron chi connectivity index (χ2n) is 4.27. The van der Waals surface area contributed by atoms with Gasteiger partial charge in [0.2, 0.25) is 5.13 Å². The van der Waals surface area contributed by atoms with Gasteiger partial charge in [-0.2, -0.15) is 0 Å². The van der Waals surface area contributed by atoms with Crippen LogP contribution < -0.4 is 5.32 Å². The zero-order valence-electron chi connectivity index (χ0n) is 9.12. The molecule has 1 fully saturated rings. The Balaban J connectivity index is 1.99. The first-order valence-corrected chi connectivity index (χ1v) is 6.75. The number of aromatic nitrogens is 2. The first-order chi connectivity index (χ1) is 7.20. The maximum Gasteiger partial charge on any atom is 0.204 e. The molecule has 5 heteroatoms. The summed E-state index contributed by atoms with van der Waals surface area (Å²) in [6.45, 7) is 4.62. The summed E-state index contributed by atoms with van der Waals surface area (Å²) < 4.78 is 0.746. The second kappa shape index (κ2) is 4.61. The summed E-state index contributed by atoms with van der Waals surface area (Å²) in [5.74, 6) is 1.61. The monoisotopic (exact) mass is 243 g/mol. The lowest BCUT2D eigenvalue weighted by Gasteiger charge is -2.20. The van der Waals surface area contributed by atoms with Crippen LogP contribution in [0.2, 0.25) is 0 Å². The third-order valence-corrected chi connectivity index (χ3v) is 4.52. The summed E-state index contributed by atoms with van der Waals surface area (Å²) in [5.41, 5.74) is 0. The van der Waals surface area contributed by atoms with Gasteiger partial charge in [0, 0.05) is 6.04 Å². The lowest BCUT2D eigenvalue weighted by atomic mass is 9.94. The molecule has 0 saturated heterocycles. The molecule has 0 amide bonds. The van der Waals surface area contributed by atoms with E-state index in [1.54, 1.807) is 0 Å². The molecule has 2 N–H and O–H groups in total. The van der Waals surface area contributed by atoms with Crippen LogP contribution in [0.5, 0.6) is 0 Å². The fourth-order valence-electron chi connectivity index (χ4n) is 2.48. The van der Waals surface area contributed by atoms with Crippen molar-refractivity contribution >= 4 is 28.7 Å². The molecule has 3 nitrogen and oxygen atoms in total. The number of hydrogen-bond donors (Lipinski definition) is 2. The van der Waals surface area contributed by atoms with Crippen molar-refractivity contribution in [2.45, 2.75) is 39.2 Å². The minimum absolute atomic E-state index is 0.573. The number of hydrogen-bond acceptors (Lipinski definition) is 4. The van der Waals surface area contributed by atoms with Crippen LogP contribution in [0.1, 0.15) is 33.1 Å². The molecule has 0 radical (unpaired) electrons. The Morgan fingerprint density at radius 3 is 2.93 bits per heavy atom. The van der Waals surface area contributed by atoms with Crippen molar-refractivity contribution in [3.8, 4) is 0 Å². The summed E-state index contributed by atoms with van der Waals surface area (Å²) in [5, 5.41) is 11.4. The van der Waals surface area contributed by atoms with Gasteiger partial charge in [0.25, 0.3) is 0 Å². The van der Waals surface area contributed by atoms with Crippen LogP contribution in [0.3, 0.4) is 0 Å². The van der Waals surface area contributed by atoms with E-state index in [2.05, 4.69) is 29.4 Å². The molecule has 1 aromatic rings. The Labute approximate surface area is 99.3 Å². The van der Waals surface area contributed by atoms with E-state index in [9.17, 15) is 0 Å². The number of rotatable bonds is 3. The molecule has 15 heavy (non-hydrogen) atoms. The minimum Gasteiger partial charge on any atom is -0.357 e. The van der Waals surface area contributed by atoms with Crippen molar-refractivity contribution in [3.63, 3.8) is 0 Å². The van der Waals surface area contributed by atoms with Gasteiger partial charge in [0.1, 0.15) is 0 Å². The number of aromatic amines is 1. The number of H-pyrrole nitrogens is 1. The van der Waals surface area contributed by atoms with Gasteiger partial charge in [-0.25, -0.2) is 0 Å².